The molecule has 2 aromatic rings. The fourth-order valence-corrected chi connectivity index (χ4v) is 3.78. The van der Waals surface area contributed by atoms with Crippen molar-refractivity contribution in [1.82, 2.24) is 19.8 Å². The van der Waals surface area contributed by atoms with Crippen LogP contribution >= 0.6 is 11.8 Å². The van der Waals surface area contributed by atoms with E-state index in [0.717, 1.165) is 11.8 Å². The second kappa shape index (κ2) is 10.7. The fraction of sp³-hybridized carbons (Fsp3) is 0.350. The molecule has 12 heteroatoms. The molecule has 1 saturated heterocycles. The molecule has 0 saturated carbocycles. The Kier molecular flexibility index (Phi) is 7.71. The maximum Gasteiger partial charge on any atom is 0.409 e. The lowest BCUT2D eigenvalue weighted by Crippen LogP contribution is -2.51. The third kappa shape index (κ3) is 5.78. The van der Waals surface area contributed by atoms with Crippen LogP contribution in [0.5, 0.6) is 0 Å². The van der Waals surface area contributed by atoms with Gasteiger partial charge in [0, 0.05) is 31.7 Å². The summed E-state index contributed by atoms with van der Waals surface area (Å²) in [6, 6.07) is 8.39. The topological polar surface area (TPSA) is 151 Å². The third-order valence-electron chi connectivity index (χ3n) is 4.69. The summed E-state index contributed by atoms with van der Waals surface area (Å²) in [5, 5.41) is 2.63. The maximum atomic E-state index is 12.5. The summed E-state index contributed by atoms with van der Waals surface area (Å²) in [6.07, 6.45) is -0.384. The summed E-state index contributed by atoms with van der Waals surface area (Å²) in [6.45, 7) is 3.63. The lowest BCUT2D eigenvalue weighted by Gasteiger charge is -2.34. The second-order valence-corrected chi connectivity index (χ2v) is 7.77. The highest BCUT2D eigenvalue weighted by Crippen LogP contribution is 2.18. The zero-order valence-corrected chi connectivity index (χ0v) is 18.3. The first kappa shape index (κ1) is 23.1. The SMILES string of the molecule is CCOC(=O)N1CCN(C(=O)CSc2nc(N)c(NC(=O)c3ccccc3)c(=O)[nH]2)CC1. The van der Waals surface area contributed by atoms with Crippen LogP contribution in [0.1, 0.15) is 17.3 Å². The molecule has 3 amide bonds. The molecule has 0 spiro atoms. The molecule has 3 rings (SSSR count). The number of benzene rings is 1. The number of amides is 3. The van der Waals surface area contributed by atoms with Gasteiger partial charge in [-0.2, -0.15) is 0 Å². The van der Waals surface area contributed by atoms with E-state index in [2.05, 4.69) is 15.3 Å². The highest BCUT2D eigenvalue weighted by molar-refractivity contribution is 7.99. The molecule has 11 nitrogen and oxygen atoms in total. The quantitative estimate of drug-likeness (QED) is 0.427. The van der Waals surface area contributed by atoms with Crippen LogP contribution in [0.15, 0.2) is 40.3 Å². The molecule has 0 unspecified atom stereocenters. The van der Waals surface area contributed by atoms with Crippen LogP contribution in [0.3, 0.4) is 0 Å². The van der Waals surface area contributed by atoms with E-state index < -0.39 is 11.5 Å². The molecule has 1 aromatic heterocycles. The summed E-state index contributed by atoms with van der Waals surface area (Å²) in [4.78, 5) is 58.7. The van der Waals surface area contributed by atoms with E-state index in [-0.39, 0.29) is 34.4 Å². The molecule has 170 valence electrons. The van der Waals surface area contributed by atoms with Crippen molar-refractivity contribution in [3.63, 3.8) is 0 Å². The number of thioether (sulfide) groups is 1. The Morgan fingerprint density at radius 3 is 2.44 bits per heavy atom. The van der Waals surface area contributed by atoms with Gasteiger partial charge < -0.3 is 25.6 Å². The van der Waals surface area contributed by atoms with Gasteiger partial charge in [0.25, 0.3) is 11.5 Å². The number of nitrogens with one attached hydrogen (secondary N) is 2. The van der Waals surface area contributed by atoms with E-state index in [4.69, 9.17) is 10.5 Å². The van der Waals surface area contributed by atoms with E-state index in [1.165, 1.54) is 0 Å². The molecular formula is C20H24N6O5S. The van der Waals surface area contributed by atoms with Gasteiger partial charge in [-0.05, 0) is 19.1 Å². The van der Waals surface area contributed by atoms with E-state index in [9.17, 15) is 19.2 Å². The Balaban J connectivity index is 1.55. The van der Waals surface area contributed by atoms with Crippen molar-refractivity contribution in [3.05, 3.63) is 46.2 Å². The summed E-state index contributed by atoms with van der Waals surface area (Å²) in [7, 11) is 0. The number of ether oxygens (including phenoxy) is 1. The molecule has 32 heavy (non-hydrogen) atoms. The highest BCUT2D eigenvalue weighted by Gasteiger charge is 2.25. The lowest BCUT2D eigenvalue weighted by molar-refractivity contribution is -0.129. The molecule has 0 bridgehead atoms. The van der Waals surface area contributed by atoms with E-state index in [1.54, 1.807) is 47.1 Å². The first-order valence-electron chi connectivity index (χ1n) is 9.97. The number of carbonyl (C=O) groups is 3. The van der Waals surface area contributed by atoms with Gasteiger partial charge in [0.2, 0.25) is 5.91 Å². The van der Waals surface area contributed by atoms with Gasteiger partial charge >= 0.3 is 6.09 Å². The van der Waals surface area contributed by atoms with Crippen molar-refractivity contribution in [1.29, 1.82) is 0 Å². The zero-order chi connectivity index (χ0) is 23.1. The normalized spacial score (nSPS) is 13.5. The number of hydrogen-bond donors (Lipinski definition) is 3. The van der Waals surface area contributed by atoms with Gasteiger partial charge in [0.05, 0.1) is 12.4 Å². The number of aromatic nitrogens is 2. The minimum Gasteiger partial charge on any atom is -0.450 e. The summed E-state index contributed by atoms with van der Waals surface area (Å²) >= 11 is 1.03. The van der Waals surface area contributed by atoms with Crippen molar-refractivity contribution in [3.8, 4) is 0 Å². The number of hydrogen-bond acceptors (Lipinski definition) is 8. The van der Waals surface area contributed by atoms with Crippen molar-refractivity contribution in [2.45, 2.75) is 12.1 Å². The standard InChI is InChI=1S/C20H24N6O5S/c1-2-31-20(30)26-10-8-25(9-11-26)14(27)12-32-19-23-16(21)15(18(29)24-19)22-17(28)13-6-4-3-5-7-13/h3-7H,2,8-12H2,1H3,(H,22,28)(H3,21,23,24,29). The number of nitrogens with two attached hydrogens (primary N) is 1. The third-order valence-corrected chi connectivity index (χ3v) is 5.55. The minimum absolute atomic E-state index is 0.0392. The van der Waals surface area contributed by atoms with Crippen molar-refractivity contribution < 1.29 is 19.1 Å². The molecule has 0 radical (unpaired) electrons. The van der Waals surface area contributed by atoms with E-state index >= 15 is 0 Å². The molecule has 0 aliphatic carbocycles. The summed E-state index contributed by atoms with van der Waals surface area (Å²) < 4.78 is 4.96. The van der Waals surface area contributed by atoms with Crippen LogP contribution in [0.4, 0.5) is 16.3 Å². The molecular weight excluding hydrogens is 436 g/mol. The summed E-state index contributed by atoms with van der Waals surface area (Å²) in [5.41, 5.74) is 5.48. The Morgan fingerprint density at radius 1 is 1.16 bits per heavy atom. The minimum atomic E-state index is -0.611. The molecule has 1 aliphatic heterocycles. The number of H-pyrrole nitrogens is 1. The van der Waals surface area contributed by atoms with Gasteiger partial charge in [0.1, 0.15) is 5.69 Å². The molecule has 0 atom stereocenters. The van der Waals surface area contributed by atoms with Crippen molar-refractivity contribution in [2.75, 3.05) is 49.6 Å². The van der Waals surface area contributed by atoms with Crippen LogP contribution in [0, 0.1) is 0 Å². The number of rotatable bonds is 6. The molecule has 1 aromatic carbocycles. The van der Waals surface area contributed by atoms with Crippen molar-refractivity contribution >= 4 is 41.2 Å². The Hall–Kier alpha value is -3.54. The zero-order valence-electron chi connectivity index (χ0n) is 17.5. The molecule has 1 aliphatic rings. The number of anilines is 2. The predicted molar refractivity (Wildman–Crippen MR) is 120 cm³/mol. The van der Waals surface area contributed by atoms with Gasteiger partial charge in [-0.25, -0.2) is 9.78 Å². The Labute approximate surface area is 188 Å². The van der Waals surface area contributed by atoms with Crippen LogP contribution in [0.25, 0.3) is 0 Å². The van der Waals surface area contributed by atoms with E-state index in [1.807, 2.05) is 0 Å². The smallest absolute Gasteiger partial charge is 0.409 e. The molecule has 4 N–H and O–H groups in total. The van der Waals surface area contributed by atoms with Gasteiger partial charge in [-0.1, -0.05) is 30.0 Å². The van der Waals surface area contributed by atoms with Gasteiger partial charge in [-0.15, -0.1) is 0 Å². The highest BCUT2D eigenvalue weighted by atomic mass is 32.2. The second-order valence-electron chi connectivity index (χ2n) is 6.81. The van der Waals surface area contributed by atoms with Crippen LogP contribution in [-0.2, 0) is 9.53 Å². The fourth-order valence-electron chi connectivity index (χ4n) is 3.01. The lowest BCUT2D eigenvalue weighted by atomic mass is 10.2. The molecule has 1 fully saturated rings. The maximum absolute atomic E-state index is 12.5. The Bertz CT molecular complexity index is 1040. The van der Waals surface area contributed by atoms with Gasteiger partial charge in [0.15, 0.2) is 11.0 Å². The number of nitrogen functional groups attached to an aromatic ring is 1. The van der Waals surface area contributed by atoms with E-state index in [0.29, 0.717) is 38.3 Å². The van der Waals surface area contributed by atoms with Crippen LogP contribution < -0.4 is 16.6 Å². The number of piperazine rings is 1. The summed E-state index contributed by atoms with van der Waals surface area (Å²) in [5.74, 6) is -0.739. The largest absolute Gasteiger partial charge is 0.450 e. The number of carbonyl (C=O) groups excluding carboxylic acids is 3. The Morgan fingerprint density at radius 2 is 1.81 bits per heavy atom. The monoisotopic (exact) mass is 460 g/mol. The number of nitrogens with zero attached hydrogens (tertiary/aromatic N) is 3. The average Bonchev–Trinajstić information content (AvgIpc) is 2.80. The predicted octanol–water partition coefficient (Wildman–Crippen LogP) is 0.997. The van der Waals surface area contributed by atoms with Crippen LogP contribution in [0.2, 0.25) is 0 Å². The van der Waals surface area contributed by atoms with Crippen LogP contribution in [-0.4, -0.2) is 76.2 Å². The number of aromatic amines is 1. The molecule has 2 heterocycles. The average molecular weight is 461 g/mol. The van der Waals surface area contributed by atoms with Gasteiger partial charge in [-0.3, -0.25) is 19.4 Å². The van der Waals surface area contributed by atoms with Crippen molar-refractivity contribution in [2.24, 2.45) is 0 Å². The first-order chi connectivity index (χ1) is 15.4. The first-order valence-corrected chi connectivity index (χ1v) is 11.0.